The summed E-state index contributed by atoms with van der Waals surface area (Å²) in [7, 11) is 0. The van der Waals surface area contributed by atoms with E-state index >= 15 is 0 Å². The van der Waals surface area contributed by atoms with Crippen LogP contribution in [0.1, 0.15) is 47.9 Å². The van der Waals surface area contributed by atoms with Crippen LogP contribution in [0.5, 0.6) is 0 Å². The third-order valence-corrected chi connectivity index (χ3v) is 6.18. The lowest BCUT2D eigenvalue weighted by atomic mass is 9.72. The first kappa shape index (κ1) is 20.2. The summed E-state index contributed by atoms with van der Waals surface area (Å²) < 4.78 is 5.71. The van der Waals surface area contributed by atoms with Gasteiger partial charge in [0.1, 0.15) is 0 Å². The van der Waals surface area contributed by atoms with Gasteiger partial charge in [-0.2, -0.15) is 0 Å². The van der Waals surface area contributed by atoms with E-state index in [1.54, 1.807) is 18.2 Å². The largest absolute Gasteiger partial charge is 0.449 e. The summed E-state index contributed by atoms with van der Waals surface area (Å²) in [6.45, 7) is 3.74. The Kier molecular flexibility index (Phi) is 5.12. The highest BCUT2D eigenvalue weighted by atomic mass is 35.5. The fourth-order valence-electron chi connectivity index (χ4n) is 4.05. The van der Waals surface area contributed by atoms with E-state index in [1.807, 2.05) is 38.1 Å². The van der Waals surface area contributed by atoms with Crippen molar-refractivity contribution in [1.29, 1.82) is 0 Å². The van der Waals surface area contributed by atoms with Crippen molar-refractivity contribution in [2.45, 2.75) is 38.5 Å². The zero-order valence-corrected chi connectivity index (χ0v) is 17.4. The van der Waals surface area contributed by atoms with Crippen LogP contribution in [0.25, 0.3) is 11.0 Å². The van der Waals surface area contributed by atoms with Gasteiger partial charge in [0.05, 0.1) is 10.4 Å². The number of furan rings is 1. The quantitative estimate of drug-likeness (QED) is 0.592. The van der Waals surface area contributed by atoms with Crippen LogP contribution in [0.3, 0.4) is 0 Å². The normalized spacial score (nSPS) is 19.0. The highest BCUT2D eigenvalue weighted by molar-refractivity contribution is 6.35. The van der Waals surface area contributed by atoms with Gasteiger partial charge in [-0.3, -0.25) is 19.7 Å². The third kappa shape index (κ3) is 3.27. The molecule has 1 atom stereocenters. The molecule has 6 nitrogen and oxygen atoms in total. The zero-order chi connectivity index (χ0) is 21.5. The molecule has 0 radical (unpaired) electrons. The Bertz CT molecular complexity index is 1170. The molecule has 154 valence electrons. The van der Waals surface area contributed by atoms with Crippen molar-refractivity contribution in [2.24, 2.45) is 0 Å². The Morgan fingerprint density at radius 2 is 1.93 bits per heavy atom. The second-order valence-electron chi connectivity index (χ2n) is 7.52. The third-order valence-electron chi connectivity index (χ3n) is 5.89. The number of hydrogen-bond donors (Lipinski definition) is 2. The van der Waals surface area contributed by atoms with Gasteiger partial charge in [0.25, 0.3) is 5.91 Å². The minimum atomic E-state index is -0.734. The SMILES string of the molecule is CCC1(c2ccc(NC(=O)c3oc4c(Cl)cccc4c3C)cc2)CCC(=O)NC1=O. The molecule has 3 aromatic rings. The second kappa shape index (κ2) is 7.61. The molecule has 1 fully saturated rings. The van der Waals surface area contributed by atoms with Crippen molar-refractivity contribution in [1.82, 2.24) is 5.32 Å². The summed E-state index contributed by atoms with van der Waals surface area (Å²) >= 11 is 6.17. The van der Waals surface area contributed by atoms with Crippen LogP contribution in [-0.4, -0.2) is 17.7 Å². The maximum Gasteiger partial charge on any atom is 0.291 e. The van der Waals surface area contributed by atoms with Gasteiger partial charge >= 0.3 is 0 Å². The van der Waals surface area contributed by atoms with E-state index in [0.717, 1.165) is 16.5 Å². The monoisotopic (exact) mass is 424 g/mol. The fourth-order valence-corrected chi connectivity index (χ4v) is 4.27. The number of aryl methyl sites for hydroxylation is 1. The number of para-hydroxylation sites is 1. The van der Waals surface area contributed by atoms with E-state index in [1.165, 1.54) is 0 Å². The Balaban J connectivity index is 1.57. The molecule has 30 heavy (non-hydrogen) atoms. The molecule has 0 saturated carbocycles. The molecule has 2 N–H and O–H groups in total. The minimum Gasteiger partial charge on any atom is -0.449 e. The highest BCUT2D eigenvalue weighted by Gasteiger charge is 2.42. The van der Waals surface area contributed by atoms with Gasteiger partial charge in [0.2, 0.25) is 11.8 Å². The Hall–Kier alpha value is -3.12. The molecule has 0 spiro atoms. The molecule has 1 unspecified atom stereocenters. The molecule has 4 rings (SSSR count). The van der Waals surface area contributed by atoms with Gasteiger partial charge in [-0.05, 0) is 43.5 Å². The molecule has 7 heteroatoms. The van der Waals surface area contributed by atoms with Gasteiger partial charge in [0.15, 0.2) is 11.3 Å². The van der Waals surface area contributed by atoms with Gasteiger partial charge < -0.3 is 9.73 Å². The highest BCUT2D eigenvalue weighted by Crippen LogP contribution is 2.36. The predicted octanol–water partition coefficient (Wildman–Crippen LogP) is 4.73. The number of hydrogen-bond acceptors (Lipinski definition) is 4. The molecular formula is C23H21ClN2O4. The summed E-state index contributed by atoms with van der Waals surface area (Å²) in [5.41, 5.74) is 1.87. The Morgan fingerprint density at radius 3 is 2.57 bits per heavy atom. The number of carbonyl (C=O) groups is 3. The number of nitrogens with one attached hydrogen (secondary N) is 2. The molecule has 1 aliphatic rings. The number of rotatable bonds is 4. The topological polar surface area (TPSA) is 88.4 Å². The number of fused-ring (bicyclic) bond motifs is 1. The summed E-state index contributed by atoms with van der Waals surface area (Å²) in [6, 6.07) is 12.5. The zero-order valence-electron chi connectivity index (χ0n) is 16.7. The lowest BCUT2D eigenvalue weighted by molar-refractivity contribution is -0.138. The predicted molar refractivity (Wildman–Crippen MR) is 115 cm³/mol. The average molecular weight is 425 g/mol. The molecule has 3 amide bonds. The summed E-state index contributed by atoms with van der Waals surface area (Å²) in [6.07, 6.45) is 1.36. The number of benzene rings is 2. The van der Waals surface area contributed by atoms with Crippen molar-refractivity contribution in [3.05, 3.63) is 64.4 Å². The molecule has 1 aromatic heterocycles. The number of piperidine rings is 1. The van der Waals surface area contributed by atoms with Crippen molar-refractivity contribution in [3.8, 4) is 0 Å². The van der Waals surface area contributed by atoms with Crippen LogP contribution in [0, 0.1) is 6.92 Å². The molecular weight excluding hydrogens is 404 g/mol. The summed E-state index contributed by atoms with van der Waals surface area (Å²) in [4.78, 5) is 36.8. The van der Waals surface area contributed by atoms with E-state index in [9.17, 15) is 14.4 Å². The maximum absolute atomic E-state index is 12.8. The van der Waals surface area contributed by atoms with Crippen LogP contribution in [-0.2, 0) is 15.0 Å². The Labute approximate surface area is 178 Å². The van der Waals surface area contributed by atoms with Gasteiger partial charge in [-0.1, -0.05) is 42.8 Å². The van der Waals surface area contributed by atoms with Crippen molar-refractivity contribution >= 4 is 46.0 Å². The molecule has 1 saturated heterocycles. The van der Waals surface area contributed by atoms with E-state index in [0.29, 0.717) is 35.6 Å². The summed E-state index contributed by atoms with van der Waals surface area (Å²) in [5, 5.41) is 6.52. The molecule has 2 heterocycles. The standard InChI is InChI=1S/C23H21ClN2O4/c1-3-23(12-11-18(27)26-22(23)29)14-7-9-15(10-8-14)25-21(28)19-13(2)16-5-4-6-17(24)20(16)30-19/h4-10H,3,11-12H2,1-2H3,(H,25,28)(H,26,27,29). The van der Waals surface area contributed by atoms with Crippen LogP contribution in [0.2, 0.25) is 5.02 Å². The Morgan fingerprint density at radius 1 is 1.20 bits per heavy atom. The number of anilines is 1. The van der Waals surface area contributed by atoms with E-state index < -0.39 is 5.41 Å². The van der Waals surface area contributed by atoms with Crippen LogP contribution < -0.4 is 10.6 Å². The van der Waals surface area contributed by atoms with E-state index in [4.69, 9.17) is 16.0 Å². The van der Waals surface area contributed by atoms with Gasteiger partial charge in [0, 0.05) is 23.1 Å². The first-order chi connectivity index (χ1) is 14.4. The number of halogens is 1. The lowest BCUT2D eigenvalue weighted by Gasteiger charge is -2.35. The van der Waals surface area contributed by atoms with Crippen LogP contribution in [0.15, 0.2) is 46.9 Å². The molecule has 1 aliphatic heterocycles. The minimum absolute atomic E-state index is 0.206. The first-order valence-electron chi connectivity index (χ1n) is 9.79. The van der Waals surface area contributed by atoms with Crippen LogP contribution in [0.4, 0.5) is 5.69 Å². The molecule has 0 bridgehead atoms. The van der Waals surface area contributed by atoms with Gasteiger partial charge in [-0.25, -0.2) is 0 Å². The fraction of sp³-hybridized carbons (Fsp3) is 0.261. The maximum atomic E-state index is 12.8. The number of carbonyl (C=O) groups excluding carboxylic acids is 3. The second-order valence-corrected chi connectivity index (χ2v) is 7.92. The molecule has 2 aromatic carbocycles. The van der Waals surface area contributed by atoms with Crippen molar-refractivity contribution in [2.75, 3.05) is 5.32 Å². The van der Waals surface area contributed by atoms with Crippen molar-refractivity contribution in [3.63, 3.8) is 0 Å². The van der Waals surface area contributed by atoms with Crippen molar-refractivity contribution < 1.29 is 18.8 Å². The molecule has 0 aliphatic carbocycles. The van der Waals surface area contributed by atoms with Gasteiger partial charge in [-0.15, -0.1) is 0 Å². The van der Waals surface area contributed by atoms with E-state index in [2.05, 4.69) is 10.6 Å². The van der Waals surface area contributed by atoms with E-state index in [-0.39, 0.29) is 23.5 Å². The lowest BCUT2D eigenvalue weighted by Crippen LogP contribution is -2.51. The summed E-state index contributed by atoms with van der Waals surface area (Å²) in [5.74, 6) is -0.682. The first-order valence-corrected chi connectivity index (χ1v) is 10.2. The van der Waals surface area contributed by atoms with Crippen LogP contribution >= 0.6 is 11.6 Å². The number of imide groups is 1. The number of amides is 3. The smallest absolute Gasteiger partial charge is 0.291 e. The average Bonchev–Trinajstić information content (AvgIpc) is 3.07.